The van der Waals surface area contributed by atoms with E-state index >= 15 is 0 Å². The van der Waals surface area contributed by atoms with E-state index in [2.05, 4.69) is 9.97 Å². The fourth-order valence-corrected chi connectivity index (χ4v) is 2.87. The first-order valence-corrected chi connectivity index (χ1v) is 10.9. The van der Waals surface area contributed by atoms with E-state index in [0.717, 1.165) is 4.90 Å². The molecule has 10 heteroatoms. The standard InChI is InChI=1S/C23H36N4O6/c1-14-17(27(19(29)32-22(5,6)7)20(30)33-23(8,9)10)25-16(11-24-14)15-12-26(13-15)18(28)31-21(2,3)4/h11,15H,12-13H2,1-10H3. The molecule has 3 amide bonds. The van der Waals surface area contributed by atoms with Gasteiger partial charge in [-0.05, 0) is 69.2 Å². The first-order chi connectivity index (χ1) is 14.9. The van der Waals surface area contributed by atoms with Crippen molar-refractivity contribution in [3.05, 3.63) is 17.6 Å². The van der Waals surface area contributed by atoms with Gasteiger partial charge >= 0.3 is 18.3 Å². The number of nitrogens with zero attached hydrogens (tertiary/aromatic N) is 4. The molecule has 0 spiro atoms. The highest BCUT2D eigenvalue weighted by atomic mass is 16.6. The third-order valence-electron chi connectivity index (χ3n) is 4.26. The number of ether oxygens (including phenoxy) is 3. The van der Waals surface area contributed by atoms with Crippen molar-refractivity contribution in [2.24, 2.45) is 0 Å². The van der Waals surface area contributed by atoms with Crippen molar-refractivity contribution in [1.29, 1.82) is 0 Å². The monoisotopic (exact) mass is 464 g/mol. The van der Waals surface area contributed by atoms with Gasteiger partial charge in [0.2, 0.25) is 0 Å². The molecule has 0 atom stereocenters. The number of carbonyl (C=O) groups excluding carboxylic acids is 3. The van der Waals surface area contributed by atoms with Crippen LogP contribution in [0.3, 0.4) is 0 Å². The van der Waals surface area contributed by atoms with Gasteiger partial charge in [-0.2, -0.15) is 4.90 Å². The highest BCUT2D eigenvalue weighted by Crippen LogP contribution is 2.30. The summed E-state index contributed by atoms with van der Waals surface area (Å²) < 4.78 is 16.2. The van der Waals surface area contributed by atoms with Gasteiger partial charge in [0.25, 0.3) is 0 Å². The maximum atomic E-state index is 12.9. The van der Waals surface area contributed by atoms with Gasteiger partial charge in [-0.15, -0.1) is 0 Å². The molecule has 184 valence electrons. The number of aromatic nitrogens is 2. The van der Waals surface area contributed by atoms with Gasteiger partial charge in [0.05, 0.1) is 11.4 Å². The van der Waals surface area contributed by atoms with Gasteiger partial charge in [-0.25, -0.2) is 19.4 Å². The van der Waals surface area contributed by atoms with Crippen LogP contribution in [-0.4, -0.2) is 63.0 Å². The summed E-state index contributed by atoms with van der Waals surface area (Å²) in [5.74, 6) is -0.0739. The predicted molar refractivity (Wildman–Crippen MR) is 122 cm³/mol. The second-order valence-electron chi connectivity index (χ2n) is 11.1. The van der Waals surface area contributed by atoms with Crippen molar-refractivity contribution >= 4 is 24.1 Å². The molecule has 0 saturated carbocycles. The van der Waals surface area contributed by atoms with E-state index < -0.39 is 35.1 Å². The van der Waals surface area contributed by atoms with Crippen LogP contribution in [0.1, 0.15) is 79.6 Å². The second kappa shape index (κ2) is 9.15. The lowest BCUT2D eigenvalue weighted by atomic mass is 9.97. The van der Waals surface area contributed by atoms with E-state index in [4.69, 9.17) is 14.2 Å². The highest BCUT2D eigenvalue weighted by molar-refractivity contribution is 6.09. The Bertz CT molecular complexity index is 877. The summed E-state index contributed by atoms with van der Waals surface area (Å²) in [4.78, 5) is 49.3. The van der Waals surface area contributed by atoms with Crippen LogP contribution in [-0.2, 0) is 14.2 Å². The van der Waals surface area contributed by atoms with Crippen molar-refractivity contribution in [2.75, 3.05) is 18.0 Å². The number of amides is 3. The minimum absolute atomic E-state index is 0.0340. The largest absolute Gasteiger partial charge is 0.444 e. The molecule has 1 aliphatic rings. The number of hydrogen-bond acceptors (Lipinski definition) is 8. The van der Waals surface area contributed by atoms with Gasteiger partial charge < -0.3 is 19.1 Å². The summed E-state index contributed by atoms with van der Waals surface area (Å²) in [5.41, 5.74) is -1.34. The molecule has 1 aromatic rings. The molecule has 0 aromatic carbocycles. The molecule has 1 fully saturated rings. The average Bonchev–Trinajstić information content (AvgIpc) is 2.51. The topological polar surface area (TPSA) is 111 Å². The fraction of sp³-hybridized carbons (Fsp3) is 0.696. The third kappa shape index (κ3) is 7.57. The van der Waals surface area contributed by atoms with Crippen molar-refractivity contribution in [2.45, 2.75) is 92.0 Å². The molecular weight excluding hydrogens is 428 g/mol. The maximum Gasteiger partial charge on any atom is 0.425 e. The zero-order valence-corrected chi connectivity index (χ0v) is 21.3. The van der Waals surface area contributed by atoms with Crippen LogP contribution in [0, 0.1) is 6.92 Å². The Labute approximate surface area is 195 Å². The number of rotatable bonds is 2. The van der Waals surface area contributed by atoms with Crippen molar-refractivity contribution in [3.8, 4) is 0 Å². The third-order valence-corrected chi connectivity index (χ3v) is 4.26. The Hall–Kier alpha value is -2.91. The molecule has 10 nitrogen and oxygen atoms in total. The van der Waals surface area contributed by atoms with Crippen LogP contribution in [0.4, 0.5) is 20.2 Å². The number of hydrogen-bond donors (Lipinski definition) is 0. The second-order valence-corrected chi connectivity index (χ2v) is 11.1. The Kier molecular flexibility index (Phi) is 7.30. The number of anilines is 1. The van der Waals surface area contributed by atoms with Crippen LogP contribution < -0.4 is 4.90 Å². The molecule has 0 bridgehead atoms. The summed E-state index contributed by atoms with van der Waals surface area (Å²) in [6.07, 6.45) is -0.632. The number of carbonyl (C=O) groups is 3. The lowest BCUT2D eigenvalue weighted by molar-refractivity contribution is 0.00783. The SMILES string of the molecule is Cc1ncc(C2CN(C(=O)OC(C)(C)C)C2)nc1N(C(=O)OC(C)(C)C)C(=O)OC(C)(C)C. The smallest absolute Gasteiger partial charge is 0.425 e. The summed E-state index contributed by atoms with van der Waals surface area (Å²) in [5, 5.41) is 0. The minimum Gasteiger partial charge on any atom is -0.444 e. The molecule has 1 aliphatic heterocycles. The van der Waals surface area contributed by atoms with Gasteiger partial charge in [0.15, 0.2) is 5.82 Å². The first-order valence-electron chi connectivity index (χ1n) is 10.9. The minimum atomic E-state index is -0.907. The normalized spacial score (nSPS) is 14.9. The molecule has 2 heterocycles. The predicted octanol–water partition coefficient (Wildman–Crippen LogP) is 4.80. The Balaban J connectivity index is 2.30. The van der Waals surface area contributed by atoms with Crippen LogP contribution in [0.5, 0.6) is 0 Å². The van der Waals surface area contributed by atoms with E-state index in [1.807, 2.05) is 20.8 Å². The zero-order valence-electron chi connectivity index (χ0n) is 21.3. The molecule has 0 unspecified atom stereocenters. The number of aryl methyl sites for hydroxylation is 1. The summed E-state index contributed by atoms with van der Waals surface area (Å²) >= 11 is 0. The van der Waals surface area contributed by atoms with Crippen LogP contribution in [0.25, 0.3) is 0 Å². The maximum absolute atomic E-state index is 12.9. The van der Waals surface area contributed by atoms with E-state index in [1.165, 1.54) is 0 Å². The lowest BCUT2D eigenvalue weighted by Crippen LogP contribution is -2.50. The number of imide groups is 1. The summed E-state index contributed by atoms with van der Waals surface area (Å²) in [6.45, 7) is 18.1. The van der Waals surface area contributed by atoms with E-state index in [1.54, 1.807) is 59.6 Å². The van der Waals surface area contributed by atoms with Crippen LogP contribution >= 0.6 is 0 Å². The van der Waals surface area contributed by atoms with Crippen molar-refractivity contribution in [3.63, 3.8) is 0 Å². The van der Waals surface area contributed by atoms with Gasteiger partial charge in [-0.1, -0.05) is 0 Å². The van der Waals surface area contributed by atoms with E-state index in [-0.39, 0.29) is 11.7 Å². The summed E-state index contributed by atoms with van der Waals surface area (Å²) in [7, 11) is 0. The molecule has 2 rings (SSSR count). The molecule has 0 radical (unpaired) electrons. The Morgan fingerprint density at radius 2 is 1.33 bits per heavy atom. The molecule has 0 aliphatic carbocycles. The van der Waals surface area contributed by atoms with Gasteiger partial charge in [-0.3, -0.25) is 4.98 Å². The molecule has 1 aromatic heterocycles. The number of likely N-dealkylation sites (tertiary alicyclic amines) is 1. The van der Waals surface area contributed by atoms with E-state index in [9.17, 15) is 14.4 Å². The Morgan fingerprint density at radius 3 is 1.76 bits per heavy atom. The molecular formula is C23H36N4O6. The van der Waals surface area contributed by atoms with Crippen LogP contribution in [0.2, 0.25) is 0 Å². The van der Waals surface area contributed by atoms with E-state index in [0.29, 0.717) is 24.5 Å². The summed E-state index contributed by atoms with van der Waals surface area (Å²) in [6, 6.07) is 0. The van der Waals surface area contributed by atoms with Gasteiger partial charge in [0, 0.05) is 25.2 Å². The molecule has 0 N–H and O–H groups in total. The lowest BCUT2D eigenvalue weighted by Gasteiger charge is -2.39. The zero-order chi connectivity index (χ0) is 25.4. The average molecular weight is 465 g/mol. The fourth-order valence-electron chi connectivity index (χ4n) is 2.87. The van der Waals surface area contributed by atoms with Crippen molar-refractivity contribution in [1.82, 2.24) is 14.9 Å². The first kappa shape index (κ1) is 26.3. The molecule has 33 heavy (non-hydrogen) atoms. The highest BCUT2D eigenvalue weighted by Gasteiger charge is 2.38. The van der Waals surface area contributed by atoms with Gasteiger partial charge in [0.1, 0.15) is 16.8 Å². The van der Waals surface area contributed by atoms with Crippen LogP contribution in [0.15, 0.2) is 6.20 Å². The Morgan fingerprint density at radius 1 is 0.879 bits per heavy atom. The van der Waals surface area contributed by atoms with Crippen molar-refractivity contribution < 1.29 is 28.6 Å². The molecule has 1 saturated heterocycles. The quantitative estimate of drug-likeness (QED) is 0.574.